The molecule has 1 aliphatic heterocycles. The first kappa shape index (κ1) is 15.8. The number of rotatable bonds is 5. The second kappa shape index (κ2) is 6.48. The van der Waals surface area contributed by atoms with Crippen molar-refractivity contribution in [2.24, 2.45) is 5.92 Å². The minimum absolute atomic E-state index is 0.0400. The molecule has 4 nitrogen and oxygen atoms in total. The van der Waals surface area contributed by atoms with Crippen molar-refractivity contribution in [3.8, 4) is 5.75 Å². The number of methoxy groups -OCH3 is 1. The molecule has 0 unspecified atom stereocenters. The predicted molar refractivity (Wildman–Crippen MR) is 80.7 cm³/mol. The Balaban J connectivity index is 2.31. The average molecular weight is 292 g/mol. The van der Waals surface area contributed by atoms with E-state index in [-0.39, 0.29) is 17.9 Å². The maximum Gasteiger partial charge on any atom is 0.303 e. The van der Waals surface area contributed by atoms with Gasteiger partial charge in [-0.25, -0.2) is 0 Å². The molecule has 1 saturated heterocycles. The summed E-state index contributed by atoms with van der Waals surface area (Å²) < 4.78 is 11.2. The lowest BCUT2D eigenvalue weighted by Gasteiger charge is -2.39. The highest BCUT2D eigenvalue weighted by molar-refractivity contribution is 5.68. The summed E-state index contributed by atoms with van der Waals surface area (Å²) in [6.45, 7) is 4.82. The molecule has 1 aliphatic rings. The van der Waals surface area contributed by atoms with Crippen LogP contribution in [0.5, 0.6) is 5.75 Å². The highest BCUT2D eigenvalue weighted by atomic mass is 16.5. The molecule has 0 aromatic heterocycles. The van der Waals surface area contributed by atoms with Crippen LogP contribution in [0.25, 0.3) is 0 Å². The van der Waals surface area contributed by atoms with Crippen molar-refractivity contribution in [2.75, 3.05) is 13.7 Å². The summed E-state index contributed by atoms with van der Waals surface area (Å²) in [5.41, 5.74) is 0.798. The van der Waals surface area contributed by atoms with Crippen LogP contribution in [0, 0.1) is 5.92 Å². The van der Waals surface area contributed by atoms with E-state index in [1.54, 1.807) is 7.11 Å². The van der Waals surface area contributed by atoms with E-state index < -0.39 is 5.97 Å². The number of carboxylic acids is 1. The van der Waals surface area contributed by atoms with Gasteiger partial charge >= 0.3 is 5.97 Å². The van der Waals surface area contributed by atoms with Crippen molar-refractivity contribution in [3.05, 3.63) is 29.8 Å². The molecule has 2 atom stereocenters. The van der Waals surface area contributed by atoms with Crippen LogP contribution in [-0.2, 0) is 9.53 Å². The van der Waals surface area contributed by atoms with Crippen LogP contribution in [0.2, 0.25) is 0 Å². The first-order chi connectivity index (χ1) is 9.93. The Hall–Kier alpha value is -1.55. The van der Waals surface area contributed by atoms with Crippen LogP contribution in [0.1, 0.15) is 44.6 Å². The van der Waals surface area contributed by atoms with Gasteiger partial charge in [-0.2, -0.15) is 0 Å². The van der Waals surface area contributed by atoms with Crippen LogP contribution in [0.15, 0.2) is 24.3 Å². The maximum atomic E-state index is 11.3. The van der Waals surface area contributed by atoms with Crippen LogP contribution in [0.4, 0.5) is 0 Å². The van der Waals surface area contributed by atoms with Gasteiger partial charge in [0.1, 0.15) is 5.75 Å². The van der Waals surface area contributed by atoms with Gasteiger partial charge in [0.05, 0.1) is 19.1 Å². The van der Waals surface area contributed by atoms with Gasteiger partial charge in [0.25, 0.3) is 0 Å². The summed E-state index contributed by atoms with van der Waals surface area (Å²) in [6.07, 6.45) is 1.88. The van der Waals surface area contributed by atoms with Crippen molar-refractivity contribution in [1.82, 2.24) is 0 Å². The standard InChI is InChI=1S/C17H24O4/c1-17(2)11-12(8-9-21-17)14(10-16(18)19)13-6-4-5-7-15(13)20-3/h4-7,12,14H,8-11H2,1-3H3,(H,18,19)/t12-,14+/m0/s1. The third-order valence-corrected chi connectivity index (χ3v) is 4.24. The fourth-order valence-corrected chi connectivity index (χ4v) is 3.31. The minimum atomic E-state index is -0.768. The average Bonchev–Trinajstić information content (AvgIpc) is 2.43. The molecule has 0 saturated carbocycles. The normalized spacial score (nSPS) is 22.5. The summed E-state index contributed by atoms with van der Waals surface area (Å²) in [5.74, 6) is 0.256. The van der Waals surface area contributed by atoms with Gasteiger partial charge in [0, 0.05) is 12.5 Å². The van der Waals surface area contributed by atoms with Gasteiger partial charge in [-0.05, 0) is 44.2 Å². The molecule has 0 aliphatic carbocycles. The largest absolute Gasteiger partial charge is 0.496 e. The fourth-order valence-electron chi connectivity index (χ4n) is 3.31. The molecule has 0 spiro atoms. The molecule has 1 aromatic carbocycles. The molecule has 0 bridgehead atoms. The molecule has 21 heavy (non-hydrogen) atoms. The molecular formula is C17H24O4. The zero-order valence-corrected chi connectivity index (χ0v) is 13.0. The number of hydrogen-bond donors (Lipinski definition) is 1. The van der Waals surface area contributed by atoms with Crippen LogP contribution in [-0.4, -0.2) is 30.4 Å². The van der Waals surface area contributed by atoms with Crippen molar-refractivity contribution in [1.29, 1.82) is 0 Å². The summed E-state index contributed by atoms with van der Waals surface area (Å²) in [4.78, 5) is 11.3. The summed E-state index contributed by atoms with van der Waals surface area (Å²) in [5, 5.41) is 9.30. The summed E-state index contributed by atoms with van der Waals surface area (Å²) in [7, 11) is 1.63. The lowest BCUT2D eigenvalue weighted by atomic mass is 9.75. The zero-order chi connectivity index (χ0) is 15.5. The smallest absolute Gasteiger partial charge is 0.303 e. The Morgan fingerprint density at radius 1 is 1.48 bits per heavy atom. The van der Waals surface area contributed by atoms with E-state index >= 15 is 0 Å². The Bertz CT molecular complexity index is 495. The third-order valence-electron chi connectivity index (χ3n) is 4.24. The molecule has 1 aromatic rings. The van der Waals surface area contributed by atoms with E-state index in [1.807, 2.05) is 24.3 Å². The first-order valence-electron chi connectivity index (χ1n) is 7.41. The second-order valence-corrected chi connectivity index (χ2v) is 6.31. The number of benzene rings is 1. The van der Waals surface area contributed by atoms with E-state index in [0.29, 0.717) is 12.5 Å². The van der Waals surface area contributed by atoms with Gasteiger partial charge in [-0.3, -0.25) is 4.79 Å². The quantitative estimate of drug-likeness (QED) is 0.903. The zero-order valence-electron chi connectivity index (χ0n) is 13.0. The van der Waals surface area contributed by atoms with Crippen LogP contribution in [0.3, 0.4) is 0 Å². The Morgan fingerprint density at radius 3 is 2.81 bits per heavy atom. The number of carboxylic acid groups (broad SMARTS) is 1. The number of aliphatic carboxylic acids is 1. The summed E-state index contributed by atoms with van der Waals surface area (Å²) in [6, 6.07) is 7.73. The molecule has 1 fully saturated rings. The Labute approximate surface area is 126 Å². The second-order valence-electron chi connectivity index (χ2n) is 6.31. The monoisotopic (exact) mass is 292 g/mol. The van der Waals surface area contributed by atoms with Crippen molar-refractivity contribution < 1.29 is 19.4 Å². The number of para-hydroxylation sites is 1. The molecular weight excluding hydrogens is 268 g/mol. The molecule has 2 rings (SSSR count). The van der Waals surface area contributed by atoms with Gasteiger partial charge in [0.2, 0.25) is 0 Å². The lowest BCUT2D eigenvalue weighted by Crippen LogP contribution is -2.36. The number of ether oxygens (including phenoxy) is 2. The molecule has 0 radical (unpaired) electrons. The van der Waals surface area contributed by atoms with E-state index in [0.717, 1.165) is 24.2 Å². The fraction of sp³-hybridized carbons (Fsp3) is 0.588. The highest BCUT2D eigenvalue weighted by Crippen LogP contribution is 2.42. The van der Waals surface area contributed by atoms with E-state index in [9.17, 15) is 9.90 Å². The van der Waals surface area contributed by atoms with Crippen molar-refractivity contribution in [2.45, 2.75) is 44.6 Å². The Kier molecular flexibility index (Phi) is 4.88. The van der Waals surface area contributed by atoms with Crippen LogP contribution >= 0.6 is 0 Å². The molecule has 0 amide bonds. The van der Waals surface area contributed by atoms with Crippen molar-refractivity contribution >= 4 is 5.97 Å². The van der Waals surface area contributed by atoms with E-state index in [4.69, 9.17) is 9.47 Å². The number of hydrogen-bond acceptors (Lipinski definition) is 3. The minimum Gasteiger partial charge on any atom is -0.496 e. The SMILES string of the molecule is COc1ccccc1[C@H](CC(=O)O)[C@H]1CCOC(C)(C)C1. The number of carbonyl (C=O) groups is 1. The van der Waals surface area contributed by atoms with Gasteiger partial charge < -0.3 is 14.6 Å². The van der Waals surface area contributed by atoms with E-state index in [2.05, 4.69) is 13.8 Å². The van der Waals surface area contributed by atoms with E-state index in [1.165, 1.54) is 0 Å². The highest BCUT2D eigenvalue weighted by Gasteiger charge is 2.36. The van der Waals surface area contributed by atoms with Gasteiger partial charge in [-0.15, -0.1) is 0 Å². The first-order valence-corrected chi connectivity index (χ1v) is 7.41. The van der Waals surface area contributed by atoms with Gasteiger partial charge in [-0.1, -0.05) is 18.2 Å². The maximum absolute atomic E-state index is 11.3. The lowest BCUT2D eigenvalue weighted by molar-refractivity contribution is -0.138. The Morgan fingerprint density at radius 2 is 2.19 bits per heavy atom. The predicted octanol–water partition coefficient (Wildman–Crippen LogP) is 3.46. The molecule has 1 heterocycles. The van der Waals surface area contributed by atoms with Gasteiger partial charge in [0.15, 0.2) is 0 Å². The molecule has 4 heteroatoms. The van der Waals surface area contributed by atoms with Crippen molar-refractivity contribution in [3.63, 3.8) is 0 Å². The van der Waals surface area contributed by atoms with Crippen LogP contribution < -0.4 is 4.74 Å². The summed E-state index contributed by atoms with van der Waals surface area (Å²) >= 11 is 0. The topological polar surface area (TPSA) is 55.8 Å². The molecule has 116 valence electrons. The third kappa shape index (κ3) is 3.97. The molecule has 1 N–H and O–H groups in total.